The van der Waals surface area contributed by atoms with E-state index in [9.17, 15) is 4.79 Å². The molecule has 0 radical (unpaired) electrons. The van der Waals surface area contributed by atoms with Crippen LogP contribution in [0.2, 0.25) is 0 Å². The summed E-state index contributed by atoms with van der Waals surface area (Å²) in [7, 11) is 0. The summed E-state index contributed by atoms with van der Waals surface area (Å²) in [4.78, 5) is 17.2. The van der Waals surface area contributed by atoms with Gasteiger partial charge in [0.15, 0.2) is 5.58 Å². The summed E-state index contributed by atoms with van der Waals surface area (Å²) in [6.07, 6.45) is 0. The van der Waals surface area contributed by atoms with Gasteiger partial charge in [0.1, 0.15) is 5.52 Å². The van der Waals surface area contributed by atoms with Gasteiger partial charge in [-0.25, -0.2) is 4.98 Å². The Bertz CT molecular complexity index is 1170. The third kappa shape index (κ3) is 4.06. The first-order valence-corrected chi connectivity index (χ1v) is 9.79. The Labute approximate surface area is 170 Å². The van der Waals surface area contributed by atoms with Crippen LogP contribution in [0.5, 0.6) is 0 Å². The topological polar surface area (TPSA) is 55.1 Å². The van der Waals surface area contributed by atoms with Gasteiger partial charge in [0.25, 0.3) is 5.91 Å². The first kappa shape index (κ1) is 18.9. The lowest BCUT2D eigenvalue weighted by Crippen LogP contribution is -2.11. The number of aryl methyl sites for hydroxylation is 2. The number of amides is 1. The Kier molecular flexibility index (Phi) is 4.93. The van der Waals surface area contributed by atoms with Crippen molar-refractivity contribution in [2.24, 2.45) is 0 Å². The molecule has 1 aromatic heterocycles. The van der Waals surface area contributed by atoms with E-state index in [1.807, 2.05) is 42.5 Å². The normalized spacial score (nSPS) is 11.2. The summed E-state index contributed by atoms with van der Waals surface area (Å²) >= 11 is 0. The van der Waals surface area contributed by atoms with E-state index in [1.54, 1.807) is 0 Å². The average Bonchev–Trinajstić information content (AvgIpc) is 3.11. The Hall–Kier alpha value is -3.40. The molecule has 4 rings (SSSR count). The lowest BCUT2D eigenvalue weighted by molar-refractivity contribution is 0.102. The van der Waals surface area contributed by atoms with Crippen LogP contribution in [0.3, 0.4) is 0 Å². The minimum atomic E-state index is -0.141. The van der Waals surface area contributed by atoms with Crippen LogP contribution >= 0.6 is 0 Å². The largest absolute Gasteiger partial charge is 0.436 e. The molecule has 1 N–H and O–H groups in total. The highest BCUT2D eigenvalue weighted by atomic mass is 16.3. The fraction of sp³-hybridized carbons (Fsp3) is 0.200. The van der Waals surface area contributed by atoms with Crippen molar-refractivity contribution in [3.8, 4) is 11.5 Å². The van der Waals surface area contributed by atoms with Crippen LogP contribution in [0.1, 0.15) is 46.8 Å². The number of aromatic nitrogens is 1. The maximum atomic E-state index is 12.6. The highest BCUT2D eigenvalue weighted by Gasteiger charge is 2.12. The van der Waals surface area contributed by atoms with Crippen LogP contribution in [0.25, 0.3) is 22.6 Å². The van der Waals surface area contributed by atoms with Gasteiger partial charge >= 0.3 is 0 Å². The molecule has 0 bridgehead atoms. The molecule has 0 saturated carbocycles. The molecule has 4 aromatic rings. The molecule has 0 fully saturated rings. The average molecular weight is 384 g/mol. The third-order valence-corrected chi connectivity index (χ3v) is 4.95. The monoisotopic (exact) mass is 384 g/mol. The van der Waals surface area contributed by atoms with E-state index < -0.39 is 0 Å². The highest BCUT2D eigenvalue weighted by molar-refractivity contribution is 6.05. The zero-order valence-corrected chi connectivity index (χ0v) is 17.1. The van der Waals surface area contributed by atoms with Crippen LogP contribution in [-0.2, 0) is 0 Å². The van der Waals surface area contributed by atoms with Crippen LogP contribution in [0.4, 0.5) is 5.69 Å². The number of hydrogen-bond donors (Lipinski definition) is 1. The molecule has 29 heavy (non-hydrogen) atoms. The second kappa shape index (κ2) is 7.55. The minimum Gasteiger partial charge on any atom is -0.436 e. The number of nitrogens with one attached hydrogen (secondary N) is 1. The summed E-state index contributed by atoms with van der Waals surface area (Å²) in [5, 5.41) is 2.95. The van der Waals surface area contributed by atoms with Gasteiger partial charge in [-0.1, -0.05) is 43.2 Å². The molecule has 4 nitrogen and oxygen atoms in total. The zero-order valence-electron chi connectivity index (χ0n) is 17.1. The molecule has 0 unspecified atom stereocenters. The summed E-state index contributed by atoms with van der Waals surface area (Å²) < 4.78 is 5.92. The van der Waals surface area contributed by atoms with Crippen molar-refractivity contribution in [3.63, 3.8) is 0 Å². The van der Waals surface area contributed by atoms with Crippen molar-refractivity contribution < 1.29 is 9.21 Å². The number of nitrogens with zero attached hydrogens (tertiary/aromatic N) is 1. The second-order valence-electron chi connectivity index (χ2n) is 7.81. The van der Waals surface area contributed by atoms with Gasteiger partial charge in [0, 0.05) is 16.8 Å². The van der Waals surface area contributed by atoms with Crippen LogP contribution in [-0.4, -0.2) is 10.9 Å². The number of rotatable bonds is 4. The number of carbonyl (C=O) groups is 1. The molecule has 0 saturated heterocycles. The second-order valence-corrected chi connectivity index (χ2v) is 7.81. The summed E-state index contributed by atoms with van der Waals surface area (Å²) in [6.45, 7) is 8.38. The molecule has 1 heterocycles. The first-order valence-electron chi connectivity index (χ1n) is 9.79. The van der Waals surface area contributed by atoms with Crippen molar-refractivity contribution in [1.29, 1.82) is 0 Å². The minimum absolute atomic E-state index is 0.141. The highest BCUT2D eigenvalue weighted by Crippen LogP contribution is 2.28. The molecule has 0 aliphatic rings. The van der Waals surface area contributed by atoms with Gasteiger partial charge in [0.05, 0.1) is 0 Å². The number of oxazole rings is 1. The van der Waals surface area contributed by atoms with Crippen molar-refractivity contribution in [2.45, 2.75) is 33.6 Å². The van der Waals surface area contributed by atoms with E-state index >= 15 is 0 Å². The standard InChI is InChI=1S/C25H24N2O2/c1-15(2)18-5-7-19(8-6-18)24(28)26-21-9-10-23-22(14-21)27-25(29-23)20-12-16(3)11-17(4)13-20/h5-15H,1-4H3,(H,26,28). The molecule has 146 valence electrons. The number of benzene rings is 3. The van der Waals surface area contributed by atoms with Crippen molar-refractivity contribution in [3.05, 3.63) is 82.9 Å². The lowest BCUT2D eigenvalue weighted by atomic mass is 10.0. The molecule has 3 aromatic carbocycles. The smallest absolute Gasteiger partial charge is 0.255 e. The van der Waals surface area contributed by atoms with Gasteiger partial charge < -0.3 is 9.73 Å². The first-order chi connectivity index (χ1) is 13.9. The van der Waals surface area contributed by atoms with Gasteiger partial charge in [-0.15, -0.1) is 0 Å². The quantitative estimate of drug-likeness (QED) is 0.438. The summed E-state index contributed by atoms with van der Waals surface area (Å²) in [5.74, 6) is 0.880. The van der Waals surface area contributed by atoms with E-state index in [2.05, 4.69) is 56.2 Å². The molecule has 1 amide bonds. The SMILES string of the molecule is Cc1cc(C)cc(-c2nc3cc(NC(=O)c4ccc(C(C)C)cc4)ccc3o2)c1. The Balaban J connectivity index is 1.58. The molecule has 0 aliphatic heterocycles. The van der Waals surface area contributed by atoms with Gasteiger partial charge in [0.2, 0.25) is 5.89 Å². The van der Waals surface area contributed by atoms with E-state index in [0.717, 1.165) is 5.56 Å². The molecule has 4 heteroatoms. The molecular formula is C25H24N2O2. The van der Waals surface area contributed by atoms with Crippen molar-refractivity contribution in [2.75, 3.05) is 5.32 Å². The van der Waals surface area contributed by atoms with Gasteiger partial charge in [-0.3, -0.25) is 4.79 Å². The molecule has 0 aliphatic carbocycles. The molecular weight excluding hydrogens is 360 g/mol. The zero-order chi connectivity index (χ0) is 20.5. The number of fused-ring (bicyclic) bond motifs is 1. The van der Waals surface area contributed by atoms with Gasteiger partial charge in [-0.2, -0.15) is 0 Å². The predicted molar refractivity (Wildman–Crippen MR) is 117 cm³/mol. The van der Waals surface area contributed by atoms with Crippen LogP contribution in [0.15, 0.2) is 65.1 Å². The summed E-state index contributed by atoms with van der Waals surface area (Å²) in [5.41, 5.74) is 7.23. The van der Waals surface area contributed by atoms with Crippen molar-refractivity contribution in [1.82, 2.24) is 4.98 Å². The predicted octanol–water partition coefficient (Wildman–Crippen LogP) is 6.49. The van der Waals surface area contributed by atoms with Gasteiger partial charge in [-0.05, 0) is 67.8 Å². The molecule has 0 spiro atoms. The Morgan fingerprint density at radius 3 is 2.28 bits per heavy atom. The number of carbonyl (C=O) groups excluding carboxylic acids is 1. The Morgan fingerprint density at radius 2 is 1.62 bits per heavy atom. The summed E-state index contributed by atoms with van der Waals surface area (Å²) in [6, 6.07) is 19.5. The van der Waals surface area contributed by atoms with E-state index in [-0.39, 0.29) is 5.91 Å². The lowest BCUT2D eigenvalue weighted by Gasteiger charge is -2.08. The van der Waals surface area contributed by atoms with E-state index in [4.69, 9.17) is 4.42 Å². The van der Waals surface area contributed by atoms with Crippen LogP contribution < -0.4 is 5.32 Å². The van der Waals surface area contributed by atoms with Crippen molar-refractivity contribution >= 4 is 22.7 Å². The van der Waals surface area contributed by atoms with E-state index in [0.29, 0.717) is 34.2 Å². The number of anilines is 1. The third-order valence-electron chi connectivity index (χ3n) is 4.95. The number of hydrogen-bond acceptors (Lipinski definition) is 3. The fourth-order valence-corrected chi connectivity index (χ4v) is 3.45. The Morgan fingerprint density at radius 1 is 0.931 bits per heavy atom. The maximum absolute atomic E-state index is 12.6. The molecule has 0 atom stereocenters. The fourth-order valence-electron chi connectivity index (χ4n) is 3.45. The van der Waals surface area contributed by atoms with Crippen LogP contribution in [0, 0.1) is 13.8 Å². The maximum Gasteiger partial charge on any atom is 0.255 e. The van der Waals surface area contributed by atoms with E-state index in [1.165, 1.54) is 16.7 Å².